The fourth-order valence-electron chi connectivity index (χ4n) is 4.96. The molecule has 2 bridgehead atoms. The van der Waals surface area contributed by atoms with Crippen LogP contribution in [0, 0.1) is 11.8 Å². The van der Waals surface area contributed by atoms with Crippen molar-refractivity contribution in [2.75, 3.05) is 13.2 Å². The zero-order valence-electron chi connectivity index (χ0n) is 13.3. The predicted octanol–water partition coefficient (Wildman–Crippen LogP) is 1.71. The second-order valence-corrected chi connectivity index (χ2v) is 6.70. The molecule has 1 N–H and O–H groups in total. The molecule has 0 radical (unpaired) electrons. The van der Waals surface area contributed by atoms with Gasteiger partial charge in [0.05, 0.1) is 19.1 Å². The van der Waals surface area contributed by atoms with Crippen LogP contribution in [0.15, 0.2) is 48.5 Å². The molecular formula is C20H16O5. The van der Waals surface area contributed by atoms with Gasteiger partial charge in [0.1, 0.15) is 11.5 Å². The minimum atomic E-state index is -1.10. The molecule has 3 aliphatic carbocycles. The summed E-state index contributed by atoms with van der Waals surface area (Å²) in [6.07, 6.45) is 0. The third-order valence-corrected chi connectivity index (χ3v) is 5.70. The predicted molar refractivity (Wildman–Crippen MR) is 86.6 cm³/mol. The normalized spacial score (nSPS) is 31.3. The van der Waals surface area contributed by atoms with Crippen LogP contribution < -0.4 is 0 Å². The maximum absolute atomic E-state index is 12.6. The van der Waals surface area contributed by atoms with Crippen LogP contribution in [0.4, 0.5) is 0 Å². The summed E-state index contributed by atoms with van der Waals surface area (Å²) in [5.41, 5.74) is 2.66. The van der Waals surface area contributed by atoms with Crippen molar-refractivity contribution in [1.82, 2.24) is 0 Å². The van der Waals surface area contributed by atoms with Gasteiger partial charge in [0, 0.05) is 5.92 Å². The number of aliphatic hydroxyl groups excluding tert-OH is 1. The number of carbonyl (C=O) groups is 2. The van der Waals surface area contributed by atoms with Crippen LogP contribution in [0.1, 0.15) is 28.2 Å². The van der Waals surface area contributed by atoms with E-state index in [4.69, 9.17) is 9.47 Å². The number of hydrogen-bond acceptors (Lipinski definition) is 5. The fourth-order valence-corrected chi connectivity index (χ4v) is 4.96. The molecule has 1 aliphatic heterocycles. The van der Waals surface area contributed by atoms with E-state index in [9.17, 15) is 14.7 Å². The quantitative estimate of drug-likeness (QED) is 0.682. The molecule has 6 rings (SSSR count). The zero-order chi connectivity index (χ0) is 17.2. The van der Waals surface area contributed by atoms with Gasteiger partial charge in [-0.05, 0) is 22.3 Å². The van der Waals surface area contributed by atoms with Gasteiger partial charge in [-0.25, -0.2) is 0 Å². The molecule has 2 atom stereocenters. The van der Waals surface area contributed by atoms with Gasteiger partial charge < -0.3 is 14.6 Å². The van der Waals surface area contributed by atoms with Gasteiger partial charge >= 0.3 is 11.9 Å². The number of esters is 2. The Balaban J connectivity index is 1.88. The van der Waals surface area contributed by atoms with E-state index in [-0.39, 0.29) is 19.1 Å². The molecule has 0 spiro atoms. The minimum absolute atomic E-state index is 0.0675. The lowest BCUT2D eigenvalue weighted by Gasteiger charge is -2.52. The van der Waals surface area contributed by atoms with E-state index in [0.29, 0.717) is 0 Å². The number of carbonyl (C=O) groups excluding carboxylic acids is 2. The topological polar surface area (TPSA) is 72.8 Å². The van der Waals surface area contributed by atoms with Crippen molar-refractivity contribution >= 4 is 11.9 Å². The van der Waals surface area contributed by atoms with E-state index in [1.165, 1.54) is 0 Å². The van der Waals surface area contributed by atoms with E-state index in [0.717, 1.165) is 22.3 Å². The standard InChI is InChI=1S/C20H16O5/c21-9-10-24-20-13-7-3-1-5-11(13)15(12-6-2-4-8-14(12)20)16-17(20)19(23)25-18(16)22/h1-8,15-17,21H,9-10H2. The van der Waals surface area contributed by atoms with Gasteiger partial charge in [0.25, 0.3) is 0 Å². The van der Waals surface area contributed by atoms with Crippen molar-refractivity contribution in [2.24, 2.45) is 11.8 Å². The van der Waals surface area contributed by atoms with Crippen LogP contribution in [0.3, 0.4) is 0 Å². The third-order valence-electron chi connectivity index (χ3n) is 5.70. The molecule has 4 aliphatic rings. The van der Waals surface area contributed by atoms with Crippen molar-refractivity contribution < 1.29 is 24.2 Å². The van der Waals surface area contributed by atoms with E-state index in [2.05, 4.69) is 0 Å². The summed E-state index contributed by atoms with van der Waals surface area (Å²) < 4.78 is 11.2. The second kappa shape index (κ2) is 5.00. The first-order valence-electron chi connectivity index (χ1n) is 8.39. The first-order chi connectivity index (χ1) is 12.2. The summed E-state index contributed by atoms with van der Waals surface area (Å²) in [6, 6.07) is 15.5. The smallest absolute Gasteiger partial charge is 0.321 e. The second-order valence-electron chi connectivity index (χ2n) is 6.70. The summed E-state index contributed by atoms with van der Waals surface area (Å²) >= 11 is 0. The number of rotatable bonds is 3. The molecule has 2 unspecified atom stereocenters. The Kier molecular flexibility index (Phi) is 2.96. The molecular weight excluding hydrogens is 320 g/mol. The summed E-state index contributed by atoms with van der Waals surface area (Å²) in [5, 5.41) is 9.37. The Hall–Kier alpha value is -2.50. The highest BCUT2D eigenvalue weighted by Crippen LogP contribution is 2.63. The molecule has 1 heterocycles. The van der Waals surface area contributed by atoms with Crippen LogP contribution >= 0.6 is 0 Å². The Labute approximate surface area is 144 Å². The lowest BCUT2D eigenvalue weighted by Crippen LogP contribution is -2.55. The van der Waals surface area contributed by atoms with Crippen molar-refractivity contribution in [3.63, 3.8) is 0 Å². The molecule has 0 amide bonds. The van der Waals surface area contributed by atoms with Gasteiger partial charge in [-0.2, -0.15) is 0 Å². The Morgan fingerprint density at radius 1 is 0.960 bits per heavy atom. The van der Waals surface area contributed by atoms with Crippen LogP contribution in [0.25, 0.3) is 0 Å². The first-order valence-corrected chi connectivity index (χ1v) is 8.39. The van der Waals surface area contributed by atoms with Crippen LogP contribution in [0.2, 0.25) is 0 Å². The molecule has 0 aromatic heterocycles. The molecule has 1 fully saturated rings. The highest BCUT2D eigenvalue weighted by Gasteiger charge is 2.68. The lowest BCUT2D eigenvalue weighted by molar-refractivity contribution is -0.157. The zero-order valence-corrected chi connectivity index (χ0v) is 13.3. The van der Waals surface area contributed by atoms with Gasteiger partial charge in [0.15, 0.2) is 0 Å². The van der Waals surface area contributed by atoms with Crippen molar-refractivity contribution in [1.29, 1.82) is 0 Å². The lowest BCUT2D eigenvalue weighted by atomic mass is 9.52. The van der Waals surface area contributed by atoms with Gasteiger partial charge in [-0.3, -0.25) is 9.59 Å². The molecule has 25 heavy (non-hydrogen) atoms. The van der Waals surface area contributed by atoms with Gasteiger partial charge in [-0.15, -0.1) is 0 Å². The van der Waals surface area contributed by atoms with Gasteiger partial charge in [-0.1, -0.05) is 48.5 Å². The van der Waals surface area contributed by atoms with Crippen molar-refractivity contribution in [3.8, 4) is 0 Å². The van der Waals surface area contributed by atoms with E-state index >= 15 is 0 Å². The van der Waals surface area contributed by atoms with Crippen molar-refractivity contribution in [2.45, 2.75) is 11.5 Å². The van der Waals surface area contributed by atoms with E-state index in [1.54, 1.807) is 0 Å². The Morgan fingerprint density at radius 3 is 2.16 bits per heavy atom. The molecule has 5 heteroatoms. The third kappa shape index (κ3) is 1.64. The maximum atomic E-state index is 12.6. The molecule has 1 saturated heterocycles. The number of hydrogen-bond donors (Lipinski definition) is 1. The Bertz CT molecular complexity index is 855. The summed E-state index contributed by atoms with van der Waals surface area (Å²) in [5.74, 6) is -2.55. The van der Waals surface area contributed by atoms with E-state index < -0.39 is 29.4 Å². The highest BCUT2D eigenvalue weighted by molar-refractivity contribution is 6.00. The average Bonchev–Trinajstić information content (AvgIpc) is 2.96. The Morgan fingerprint density at radius 2 is 1.56 bits per heavy atom. The number of benzene rings is 2. The molecule has 2 aromatic rings. The van der Waals surface area contributed by atoms with Crippen LogP contribution in [-0.2, 0) is 24.7 Å². The molecule has 126 valence electrons. The number of ether oxygens (including phenoxy) is 2. The molecule has 2 aromatic carbocycles. The average molecular weight is 336 g/mol. The van der Waals surface area contributed by atoms with E-state index in [1.807, 2.05) is 48.5 Å². The number of aliphatic hydroxyl groups is 1. The minimum Gasteiger partial charge on any atom is -0.394 e. The largest absolute Gasteiger partial charge is 0.394 e. The van der Waals surface area contributed by atoms with Crippen LogP contribution in [0.5, 0.6) is 0 Å². The maximum Gasteiger partial charge on any atom is 0.321 e. The fraction of sp³-hybridized carbons (Fsp3) is 0.300. The van der Waals surface area contributed by atoms with Gasteiger partial charge in [0.2, 0.25) is 0 Å². The molecule has 0 saturated carbocycles. The first kappa shape index (κ1) is 14.8. The summed E-state index contributed by atoms with van der Waals surface area (Å²) in [4.78, 5) is 25.1. The highest BCUT2D eigenvalue weighted by atomic mass is 16.6. The monoisotopic (exact) mass is 336 g/mol. The summed E-state index contributed by atoms with van der Waals surface area (Å²) in [7, 11) is 0. The molecule has 5 nitrogen and oxygen atoms in total. The summed E-state index contributed by atoms with van der Waals surface area (Å²) in [6.45, 7) is -0.103. The number of cyclic esters (lactones) is 2. The SMILES string of the molecule is O=C1OC(=O)C2C1C1c3ccccc3C2(OCCO)c2ccccc21. The van der Waals surface area contributed by atoms with Crippen molar-refractivity contribution in [3.05, 3.63) is 70.8 Å². The van der Waals surface area contributed by atoms with Crippen LogP contribution in [-0.4, -0.2) is 30.3 Å².